The van der Waals surface area contributed by atoms with E-state index in [0.29, 0.717) is 6.42 Å². The monoisotopic (exact) mass is 241 g/mol. The summed E-state index contributed by atoms with van der Waals surface area (Å²) in [5.41, 5.74) is 6.68. The van der Waals surface area contributed by atoms with Crippen LogP contribution in [0.2, 0.25) is 0 Å². The van der Waals surface area contributed by atoms with Crippen molar-refractivity contribution in [2.24, 2.45) is 5.73 Å². The summed E-state index contributed by atoms with van der Waals surface area (Å²) in [5.74, 6) is 0.748. The Hall–Kier alpha value is -1.14. The molecule has 0 radical (unpaired) electrons. The van der Waals surface area contributed by atoms with Gasteiger partial charge in [0.1, 0.15) is 11.9 Å². The highest BCUT2D eigenvalue weighted by Crippen LogP contribution is 2.13. The van der Waals surface area contributed by atoms with Gasteiger partial charge in [0.15, 0.2) is 0 Å². The van der Waals surface area contributed by atoms with Crippen LogP contribution in [0.15, 0.2) is 24.3 Å². The van der Waals surface area contributed by atoms with Gasteiger partial charge < -0.3 is 25.8 Å². The highest BCUT2D eigenvalue weighted by molar-refractivity contribution is 5.27. The van der Waals surface area contributed by atoms with E-state index in [4.69, 9.17) is 15.6 Å². The Morgan fingerprint density at radius 2 is 1.82 bits per heavy atom. The van der Waals surface area contributed by atoms with Gasteiger partial charge in [-0.3, -0.25) is 0 Å². The molecule has 1 rings (SSSR count). The lowest BCUT2D eigenvalue weighted by molar-refractivity contribution is -0.0256. The largest absolute Gasteiger partial charge is 0.497 e. The molecular formula is C12H19NO4. The van der Waals surface area contributed by atoms with E-state index in [1.54, 1.807) is 19.2 Å². The summed E-state index contributed by atoms with van der Waals surface area (Å²) < 4.78 is 5.02. The van der Waals surface area contributed by atoms with Gasteiger partial charge in [-0.15, -0.1) is 0 Å². The van der Waals surface area contributed by atoms with Gasteiger partial charge in [0.2, 0.25) is 0 Å². The van der Waals surface area contributed by atoms with E-state index < -0.39 is 24.9 Å². The van der Waals surface area contributed by atoms with Crippen molar-refractivity contribution in [3.8, 4) is 5.75 Å². The van der Waals surface area contributed by atoms with Crippen molar-refractivity contribution >= 4 is 0 Å². The molecule has 5 heteroatoms. The quantitative estimate of drug-likeness (QED) is 0.527. The van der Waals surface area contributed by atoms with Gasteiger partial charge in [-0.2, -0.15) is 0 Å². The molecule has 0 saturated heterocycles. The van der Waals surface area contributed by atoms with Crippen LogP contribution in [0.4, 0.5) is 0 Å². The first-order chi connectivity index (χ1) is 8.08. The van der Waals surface area contributed by atoms with Crippen LogP contribution >= 0.6 is 0 Å². The minimum Gasteiger partial charge on any atom is -0.497 e. The van der Waals surface area contributed by atoms with Crippen LogP contribution in [0.3, 0.4) is 0 Å². The molecule has 0 aliphatic heterocycles. The summed E-state index contributed by atoms with van der Waals surface area (Å²) in [6, 6.07) is 6.67. The van der Waals surface area contributed by atoms with Crippen molar-refractivity contribution < 1.29 is 20.1 Å². The van der Waals surface area contributed by atoms with E-state index in [9.17, 15) is 10.2 Å². The molecule has 3 atom stereocenters. The number of benzene rings is 1. The lowest BCUT2D eigenvalue weighted by atomic mass is 9.99. The Balaban J connectivity index is 2.57. The molecule has 96 valence electrons. The van der Waals surface area contributed by atoms with E-state index in [1.807, 2.05) is 12.1 Å². The van der Waals surface area contributed by atoms with Crippen molar-refractivity contribution in [2.45, 2.75) is 24.7 Å². The summed E-state index contributed by atoms with van der Waals surface area (Å²) in [5, 5.41) is 27.6. The Morgan fingerprint density at radius 3 is 2.29 bits per heavy atom. The number of nitrogens with two attached hydrogens (primary N) is 1. The van der Waals surface area contributed by atoms with Crippen LogP contribution in [0.5, 0.6) is 5.75 Å². The number of hydrogen-bond donors (Lipinski definition) is 4. The standard InChI is InChI=1S/C12H19NO4/c1-17-9-4-2-8(3-5-9)6-10(13)12(16)11(15)7-14/h2-5,10-12,14-16H,6-7,13H2,1H3/t10-,11+,12+/m0/s1. The Kier molecular flexibility index (Phi) is 5.37. The molecule has 0 unspecified atom stereocenters. The molecule has 1 aromatic rings. The minimum absolute atomic E-state index is 0.419. The molecule has 5 N–H and O–H groups in total. The molecule has 0 heterocycles. The Bertz CT molecular complexity index is 328. The molecule has 17 heavy (non-hydrogen) atoms. The first-order valence-electron chi connectivity index (χ1n) is 5.44. The maximum atomic E-state index is 9.59. The first-order valence-corrected chi connectivity index (χ1v) is 5.44. The fourth-order valence-corrected chi connectivity index (χ4v) is 1.55. The number of aliphatic hydroxyl groups excluding tert-OH is 3. The number of rotatable bonds is 6. The Labute approximate surface area is 100 Å². The van der Waals surface area contributed by atoms with Gasteiger partial charge in [0, 0.05) is 6.04 Å². The third-order valence-electron chi connectivity index (χ3n) is 2.65. The van der Waals surface area contributed by atoms with Crippen LogP contribution in [-0.4, -0.2) is 47.3 Å². The average molecular weight is 241 g/mol. The topological polar surface area (TPSA) is 95.9 Å². The van der Waals surface area contributed by atoms with Crippen molar-refractivity contribution in [1.29, 1.82) is 0 Å². The molecule has 0 fully saturated rings. The van der Waals surface area contributed by atoms with Crippen LogP contribution in [0, 0.1) is 0 Å². The molecule has 5 nitrogen and oxygen atoms in total. The predicted octanol–water partition coefficient (Wildman–Crippen LogP) is -0.721. The molecule has 0 saturated carbocycles. The second kappa shape index (κ2) is 6.56. The molecule has 0 aliphatic rings. The zero-order chi connectivity index (χ0) is 12.8. The Morgan fingerprint density at radius 1 is 1.24 bits per heavy atom. The SMILES string of the molecule is COc1ccc(C[C@H](N)[C@@H](O)[C@H](O)CO)cc1. The van der Waals surface area contributed by atoms with Crippen LogP contribution in [-0.2, 0) is 6.42 Å². The maximum absolute atomic E-state index is 9.59. The van der Waals surface area contributed by atoms with Gasteiger partial charge in [-0.1, -0.05) is 12.1 Å². The highest BCUT2D eigenvalue weighted by atomic mass is 16.5. The van der Waals surface area contributed by atoms with Gasteiger partial charge >= 0.3 is 0 Å². The fourth-order valence-electron chi connectivity index (χ4n) is 1.55. The third-order valence-corrected chi connectivity index (χ3v) is 2.65. The molecule has 0 amide bonds. The van der Waals surface area contributed by atoms with E-state index in [-0.39, 0.29) is 0 Å². The van der Waals surface area contributed by atoms with Gasteiger partial charge in [0.05, 0.1) is 19.8 Å². The summed E-state index contributed by atoms with van der Waals surface area (Å²) >= 11 is 0. The summed E-state index contributed by atoms with van der Waals surface area (Å²) in [6.45, 7) is -0.503. The van der Waals surface area contributed by atoms with Gasteiger partial charge in [-0.25, -0.2) is 0 Å². The van der Waals surface area contributed by atoms with Crippen LogP contribution < -0.4 is 10.5 Å². The number of aliphatic hydroxyl groups is 3. The maximum Gasteiger partial charge on any atom is 0.118 e. The molecule has 0 aromatic heterocycles. The van der Waals surface area contributed by atoms with Crippen LogP contribution in [0.25, 0.3) is 0 Å². The first kappa shape index (κ1) is 13.9. The zero-order valence-corrected chi connectivity index (χ0v) is 9.78. The minimum atomic E-state index is -1.21. The second-order valence-corrected chi connectivity index (χ2v) is 3.96. The normalized spacial score (nSPS) is 16.3. The lowest BCUT2D eigenvalue weighted by Gasteiger charge is -2.22. The number of hydrogen-bond acceptors (Lipinski definition) is 5. The molecular weight excluding hydrogens is 222 g/mol. The van der Waals surface area contributed by atoms with E-state index in [0.717, 1.165) is 11.3 Å². The zero-order valence-electron chi connectivity index (χ0n) is 9.78. The van der Waals surface area contributed by atoms with Crippen molar-refractivity contribution in [1.82, 2.24) is 0 Å². The number of methoxy groups -OCH3 is 1. The average Bonchev–Trinajstić information content (AvgIpc) is 2.37. The summed E-state index contributed by atoms with van der Waals surface area (Å²) in [6.07, 6.45) is -1.92. The van der Waals surface area contributed by atoms with Crippen molar-refractivity contribution in [3.63, 3.8) is 0 Å². The molecule has 0 bridgehead atoms. The molecule has 0 aliphatic carbocycles. The summed E-state index contributed by atoms with van der Waals surface area (Å²) in [7, 11) is 1.59. The van der Waals surface area contributed by atoms with Gasteiger partial charge in [-0.05, 0) is 24.1 Å². The van der Waals surface area contributed by atoms with Gasteiger partial charge in [0.25, 0.3) is 0 Å². The number of ether oxygens (including phenoxy) is 1. The molecule has 0 spiro atoms. The fraction of sp³-hybridized carbons (Fsp3) is 0.500. The summed E-state index contributed by atoms with van der Waals surface area (Å²) in [4.78, 5) is 0. The van der Waals surface area contributed by atoms with Crippen LogP contribution in [0.1, 0.15) is 5.56 Å². The van der Waals surface area contributed by atoms with Crippen molar-refractivity contribution in [2.75, 3.05) is 13.7 Å². The van der Waals surface area contributed by atoms with E-state index >= 15 is 0 Å². The van der Waals surface area contributed by atoms with E-state index in [2.05, 4.69) is 0 Å². The van der Waals surface area contributed by atoms with Crippen molar-refractivity contribution in [3.05, 3.63) is 29.8 Å². The second-order valence-electron chi connectivity index (χ2n) is 3.96. The smallest absolute Gasteiger partial charge is 0.118 e. The lowest BCUT2D eigenvalue weighted by Crippen LogP contribution is -2.45. The third kappa shape index (κ3) is 3.98. The molecule has 1 aromatic carbocycles. The highest BCUT2D eigenvalue weighted by Gasteiger charge is 2.22. The predicted molar refractivity (Wildman–Crippen MR) is 63.8 cm³/mol. The van der Waals surface area contributed by atoms with E-state index in [1.165, 1.54) is 0 Å².